The SMILES string of the molecule is O=C(CCN1C(=O)/C(=C/c2cc(-c3cc(C(F)(F)F)cc(C(F)(F)F)c3)cs2)SC1=S)Nc1ccc(C(=O)O)cn1. The van der Waals surface area contributed by atoms with Crippen molar-refractivity contribution in [1.82, 2.24) is 9.88 Å². The third-order valence-electron chi connectivity index (χ3n) is 5.53. The molecule has 1 aliphatic rings. The Labute approximate surface area is 240 Å². The summed E-state index contributed by atoms with van der Waals surface area (Å²) >= 11 is 7.17. The molecule has 1 saturated heterocycles. The molecule has 0 bridgehead atoms. The van der Waals surface area contributed by atoms with E-state index in [0.717, 1.165) is 29.3 Å². The van der Waals surface area contributed by atoms with E-state index < -0.39 is 41.3 Å². The number of halogens is 6. The van der Waals surface area contributed by atoms with Gasteiger partial charge in [-0.2, -0.15) is 26.3 Å². The summed E-state index contributed by atoms with van der Waals surface area (Å²) in [5.41, 5.74) is -3.11. The summed E-state index contributed by atoms with van der Waals surface area (Å²) in [7, 11) is 0. The molecule has 0 radical (unpaired) electrons. The number of aromatic carboxylic acids is 1. The Hall–Kier alpha value is -3.76. The van der Waals surface area contributed by atoms with Crippen LogP contribution in [0.5, 0.6) is 0 Å². The Morgan fingerprint density at radius 1 is 1.02 bits per heavy atom. The number of alkyl halides is 6. The summed E-state index contributed by atoms with van der Waals surface area (Å²) in [6.07, 6.45) is -7.65. The number of anilines is 1. The second kappa shape index (κ2) is 11.6. The van der Waals surface area contributed by atoms with Gasteiger partial charge in [0.2, 0.25) is 5.91 Å². The standard InChI is InChI=1S/C25H15F6N3O4S3/c26-24(27,28)15-5-13(6-16(8-15)25(29,30)31)14-7-17(40-11-14)9-18-21(36)34(23(39)41-18)4-3-20(35)33-19-2-1-12(10-32-19)22(37)38/h1-2,5-11H,3-4H2,(H,37,38)(H,32,33,35)/b18-9-. The fourth-order valence-corrected chi connectivity index (χ4v) is 5.76. The van der Waals surface area contributed by atoms with Gasteiger partial charge in [-0.3, -0.25) is 14.5 Å². The molecule has 16 heteroatoms. The van der Waals surface area contributed by atoms with Crippen LogP contribution in [0.3, 0.4) is 0 Å². The quantitative estimate of drug-likeness (QED) is 0.169. The number of nitrogens with one attached hydrogen (secondary N) is 1. The summed E-state index contributed by atoms with van der Waals surface area (Å²) in [6.45, 7) is -0.0821. The fourth-order valence-electron chi connectivity index (χ4n) is 3.54. The molecule has 2 aromatic heterocycles. The molecule has 41 heavy (non-hydrogen) atoms. The summed E-state index contributed by atoms with van der Waals surface area (Å²) in [5.74, 6) is -2.10. The molecular weight excluding hydrogens is 616 g/mol. The van der Waals surface area contributed by atoms with E-state index in [0.29, 0.717) is 17.0 Å². The molecule has 0 unspecified atom stereocenters. The van der Waals surface area contributed by atoms with Crippen LogP contribution in [-0.4, -0.2) is 43.6 Å². The zero-order valence-corrected chi connectivity index (χ0v) is 22.6. The van der Waals surface area contributed by atoms with E-state index in [2.05, 4.69) is 10.3 Å². The van der Waals surface area contributed by atoms with E-state index in [-0.39, 0.29) is 50.8 Å². The number of thiocarbonyl (C=S) groups is 1. The average molecular weight is 632 g/mol. The molecule has 1 aliphatic heterocycles. The maximum atomic E-state index is 13.2. The van der Waals surface area contributed by atoms with Crippen molar-refractivity contribution in [3.05, 3.63) is 74.4 Å². The molecule has 0 atom stereocenters. The Balaban J connectivity index is 1.45. The highest BCUT2D eigenvalue weighted by Crippen LogP contribution is 2.40. The van der Waals surface area contributed by atoms with Crippen molar-refractivity contribution in [3.63, 3.8) is 0 Å². The van der Waals surface area contributed by atoms with E-state index in [4.69, 9.17) is 17.3 Å². The Morgan fingerprint density at radius 2 is 1.68 bits per heavy atom. The Morgan fingerprint density at radius 3 is 2.24 bits per heavy atom. The van der Waals surface area contributed by atoms with Gasteiger partial charge in [0.1, 0.15) is 10.1 Å². The van der Waals surface area contributed by atoms with Gasteiger partial charge in [0.05, 0.1) is 21.6 Å². The highest BCUT2D eigenvalue weighted by Gasteiger charge is 2.37. The molecule has 214 valence electrons. The van der Waals surface area contributed by atoms with Crippen LogP contribution in [0.1, 0.15) is 32.8 Å². The lowest BCUT2D eigenvalue weighted by Gasteiger charge is -2.14. The van der Waals surface area contributed by atoms with E-state index in [1.165, 1.54) is 34.6 Å². The lowest BCUT2D eigenvalue weighted by atomic mass is 10.0. The molecular formula is C25H15F6N3O4S3. The van der Waals surface area contributed by atoms with Crippen molar-refractivity contribution in [3.8, 4) is 11.1 Å². The highest BCUT2D eigenvalue weighted by atomic mass is 32.2. The van der Waals surface area contributed by atoms with Gasteiger partial charge < -0.3 is 10.4 Å². The van der Waals surface area contributed by atoms with Gasteiger partial charge in [-0.1, -0.05) is 24.0 Å². The number of hydrogen-bond acceptors (Lipinski definition) is 7. The predicted octanol–water partition coefficient (Wildman–Crippen LogP) is 6.78. The number of amides is 2. The average Bonchev–Trinajstić information content (AvgIpc) is 3.46. The molecule has 2 amide bonds. The van der Waals surface area contributed by atoms with Crippen LogP contribution in [0.15, 0.2) is 52.9 Å². The molecule has 0 saturated carbocycles. The lowest BCUT2D eigenvalue weighted by Crippen LogP contribution is -2.31. The van der Waals surface area contributed by atoms with Gasteiger partial charge in [0.15, 0.2) is 0 Å². The summed E-state index contributed by atoms with van der Waals surface area (Å²) < 4.78 is 79.5. The third kappa shape index (κ3) is 7.31. The number of carboxylic acids is 1. The van der Waals surface area contributed by atoms with E-state index in [9.17, 15) is 40.7 Å². The van der Waals surface area contributed by atoms with Gasteiger partial charge in [0, 0.05) is 24.0 Å². The number of aromatic nitrogens is 1. The van der Waals surface area contributed by atoms with Crippen LogP contribution >= 0.6 is 35.3 Å². The number of rotatable bonds is 7. The molecule has 4 rings (SSSR count). The summed E-state index contributed by atoms with van der Waals surface area (Å²) in [6, 6.07) is 5.23. The molecule has 3 heterocycles. The molecule has 1 fully saturated rings. The number of thioether (sulfide) groups is 1. The number of benzene rings is 1. The Bertz CT molecular complexity index is 1530. The van der Waals surface area contributed by atoms with Crippen LogP contribution in [0.4, 0.5) is 32.2 Å². The van der Waals surface area contributed by atoms with Gasteiger partial charge in [-0.15, -0.1) is 11.3 Å². The van der Waals surface area contributed by atoms with E-state index >= 15 is 0 Å². The summed E-state index contributed by atoms with van der Waals surface area (Å²) in [4.78, 5) is 41.6. The van der Waals surface area contributed by atoms with Crippen LogP contribution in [0.2, 0.25) is 0 Å². The van der Waals surface area contributed by atoms with Crippen LogP contribution in [-0.2, 0) is 21.9 Å². The van der Waals surface area contributed by atoms with Crippen LogP contribution < -0.4 is 5.32 Å². The number of nitrogens with zero attached hydrogens (tertiary/aromatic N) is 2. The Kier molecular flexibility index (Phi) is 8.56. The van der Waals surface area contributed by atoms with Crippen molar-refractivity contribution < 1.29 is 45.8 Å². The second-order valence-electron chi connectivity index (χ2n) is 8.40. The second-order valence-corrected chi connectivity index (χ2v) is 11.0. The van der Waals surface area contributed by atoms with Crippen molar-refractivity contribution in [2.45, 2.75) is 18.8 Å². The largest absolute Gasteiger partial charge is 0.478 e. The van der Waals surface area contributed by atoms with Crippen molar-refractivity contribution in [1.29, 1.82) is 0 Å². The number of carbonyl (C=O) groups is 3. The molecule has 0 aliphatic carbocycles. The number of hydrogen-bond donors (Lipinski definition) is 2. The van der Waals surface area contributed by atoms with Gasteiger partial charge in [-0.25, -0.2) is 9.78 Å². The number of carbonyl (C=O) groups excluding carboxylic acids is 2. The molecule has 7 nitrogen and oxygen atoms in total. The predicted molar refractivity (Wildman–Crippen MR) is 144 cm³/mol. The fraction of sp³-hybridized carbons (Fsp3) is 0.160. The third-order valence-corrected chi connectivity index (χ3v) is 7.79. The minimum atomic E-state index is -4.98. The van der Waals surface area contributed by atoms with Crippen molar-refractivity contribution in [2.75, 3.05) is 11.9 Å². The highest BCUT2D eigenvalue weighted by molar-refractivity contribution is 8.26. The molecule has 3 aromatic rings. The lowest BCUT2D eigenvalue weighted by molar-refractivity contribution is -0.143. The minimum absolute atomic E-state index is 0.0496. The number of carboxylic acid groups (broad SMARTS) is 1. The molecule has 1 aromatic carbocycles. The zero-order chi connectivity index (χ0) is 30.1. The monoisotopic (exact) mass is 631 g/mol. The zero-order valence-electron chi connectivity index (χ0n) is 20.2. The minimum Gasteiger partial charge on any atom is -0.478 e. The topological polar surface area (TPSA) is 99.6 Å². The van der Waals surface area contributed by atoms with Gasteiger partial charge in [0.25, 0.3) is 5.91 Å². The van der Waals surface area contributed by atoms with Crippen LogP contribution in [0.25, 0.3) is 17.2 Å². The molecule has 2 N–H and O–H groups in total. The number of thiophene rings is 1. The van der Waals surface area contributed by atoms with Crippen LogP contribution in [0, 0.1) is 0 Å². The first kappa shape index (κ1) is 30.2. The summed E-state index contributed by atoms with van der Waals surface area (Å²) in [5, 5.41) is 12.7. The van der Waals surface area contributed by atoms with E-state index in [1.54, 1.807) is 0 Å². The van der Waals surface area contributed by atoms with Crippen molar-refractivity contribution >= 4 is 69.3 Å². The molecule has 0 spiro atoms. The van der Waals surface area contributed by atoms with Gasteiger partial charge >= 0.3 is 18.3 Å². The number of pyridine rings is 1. The maximum Gasteiger partial charge on any atom is 0.416 e. The first-order valence-corrected chi connectivity index (χ1v) is 13.4. The smallest absolute Gasteiger partial charge is 0.416 e. The first-order valence-electron chi connectivity index (χ1n) is 11.2. The maximum absolute atomic E-state index is 13.2. The van der Waals surface area contributed by atoms with E-state index in [1.807, 2.05) is 0 Å². The van der Waals surface area contributed by atoms with Gasteiger partial charge in [-0.05, 0) is 59.0 Å². The van der Waals surface area contributed by atoms with Crippen molar-refractivity contribution in [2.24, 2.45) is 0 Å². The normalized spacial score (nSPS) is 15.1. The first-order chi connectivity index (χ1) is 19.1.